The highest BCUT2D eigenvalue weighted by atomic mass is 15.1. The van der Waals surface area contributed by atoms with Gasteiger partial charge < -0.3 is 10.2 Å². The van der Waals surface area contributed by atoms with Crippen molar-refractivity contribution in [2.75, 3.05) is 26.7 Å². The third-order valence-electron chi connectivity index (χ3n) is 4.31. The summed E-state index contributed by atoms with van der Waals surface area (Å²) in [5.41, 5.74) is 1.35. The zero-order chi connectivity index (χ0) is 13.5. The van der Waals surface area contributed by atoms with Crippen LogP contribution in [-0.4, -0.2) is 36.6 Å². The predicted octanol–water partition coefficient (Wildman–Crippen LogP) is 2.54. The summed E-state index contributed by atoms with van der Waals surface area (Å²) in [6.07, 6.45) is 7.80. The SMILES string of the molecule is CC(CCN(C)Cc1ccncc1)C1CCCNC1. The molecule has 0 aliphatic carbocycles. The molecule has 2 atom stereocenters. The summed E-state index contributed by atoms with van der Waals surface area (Å²) in [5, 5.41) is 3.52. The average Bonchev–Trinajstić information content (AvgIpc) is 2.47. The topological polar surface area (TPSA) is 28.2 Å². The first-order valence-corrected chi connectivity index (χ1v) is 7.54. The Morgan fingerprint density at radius 3 is 2.89 bits per heavy atom. The molecule has 0 aromatic carbocycles. The minimum absolute atomic E-state index is 0.827. The van der Waals surface area contributed by atoms with Crippen molar-refractivity contribution < 1.29 is 0 Å². The van der Waals surface area contributed by atoms with Gasteiger partial charge in [0.05, 0.1) is 0 Å². The summed E-state index contributed by atoms with van der Waals surface area (Å²) in [6, 6.07) is 4.20. The average molecular weight is 261 g/mol. The highest BCUT2D eigenvalue weighted by molar-refractivity contribution is 5.09. The van der Waals surface area contributed by atoms with Gasteiger partial charge in [0, 0.05) is 18.9 Å². The Bertz CT molecular complexity index is 346. The number of nitrogens with zero attached hydrogens (tertiary/aromatic N) is 2. The van der Waals surface area contributed by atoms with Gasteiger partial charge >= 0.3 is 0 Å². The molecule has 3 heteroatoms. The molecule has 3 nitrogen and oxygen atoms in total. The van der Waals surface area contributed by atoms with Crippen molar-refractivity contribution in [3.05, 3.63) is 30.1 Å². The van der Waals surface area contributed by atoms with Crippen molar-refractivity contribution in [3.63, 3.8) is 0 Å². The van der Waals surface area contributed by atoms with Crippen molar-refractivity contribution in [3.8, 4) is 0 Å². The van der Waals surface area contributed by atoms with Crippen LogP contribution in [0.3, 0.4) is 0 Å². The van der Waals surface area contributed by atoms with E-state index in [2.05, 4.69) is 41.3 Å². The molecule has 1 aliphatic rings. The van der Waals surface area contributed by atoms with Crippen molar-refractivity contribution in [2.24, 2.45) is 11.8 Å². The van der Waals surface area contributed by atoms with E-state index in [9.17, 15) is 0 Å². The molecule has 0 bridgehead atoms. The van der Waals surface area contributed by atoms with Gasteiger partial charge in [-0.15, -0.1) is 0 Å². The number of hydrogen-bond donors (Lipinski definition) is 1. The summed E-state index contributed by atoms with van der Waals surface area (Å²) < 4.78 is 0. The molecule has 2 rings (SSSR count). The fraction of sp³-hybridized carbons (Fsp3) is 0.688. The molecular weight excluding hydrogens is 234 g/mol. The summed E-state index contributed by atoms with van der Waals surface area (Å²) in [4.78, 5) is 6.48. The minimum atomic E-state index is 0.827. The van der Waals surface area contributed by atoms with Crippen LogP contribution in [0, 0.1) is 11.8 Å². The molecule has 1 fully saturated rings. The monoisotopic (exact) mass is 261 g/mol. The standard InChI is InChI=1S/C16H27N3/c1-14(16-4-3-8-18-12-16)7-11-19(2)13-15-5-9-17-10-6-15/h5-6,9-10,14,16,18H,3-4,7-8,11-13H2,1-2H3. The Kier molecular flexibility index (Phi) is 5.80. The van der Waals surface area contributed by atoms with E-state index >= 15 is 0 Å². The van der Waals surface area contributed by atoms with E-state index in [-0.39, 0.29) is 0 Å². The molecule has 1 aromatic heterocycles. The third kappa shape index (κ3) is 4.92. The van der Waals surface area contributed by atoms with Gasteiger partial charge in [-0.05, 0) is 75.5 Å². The highest BCUT2D eigenvalue weighted by Crippen LogP contribution is 2.22. The summed E-state index contributed by atoms with van der Waals surface area (Å²) in [7, 11) is 2.21. The van der Waals surface area contributed by atoms with Crippen LogP contribution in [0.5, 0.6) is 0 Å². The number of nitrogens with one attached hydrogen (secondary N) is 1. The molecule has 0 saturated carbocycles. The number of piperidine rings is 1. The van der Waals surface area contributed by atoms with E-state index < -0.39 is 0 Å². The van der Waals surface area contributed by atoms with Crippen LogP contribution < -0.4 is 5.32 Å². The number of pyridine rings is 1. The Hall–Kier alpha value is -0.930. The van der Waals surface area contributed by atoms with E-state index in [0.29, 0.717) is 0 Å². The Balaban J connectivity index is 1.69. The highest BCUT2D eigenvalue weighted by Gasteiger charge is 2.19. The maximum Gasteiger partial charge on any atom is 0.0271 e. The van der Waals surface area contributed by atoms with Gasteiger partial charge in [-0.25, -0.2) is 0 Å². The Labute approximate surface area is 117 Å². The van der Waals surface area contributed by atoms with Crippen LogP contribution >= 0.6 is 0 Å². The summed E-state index contributed by atoms with van der Waals surface area (Å²) in [6.45, 7) is 7.05. The van der Waals surface area contributed by atoms with E-state index in [1.165, 1.54) is 44.5 Å². The fourth-order valence-corrected chi connectivity index (χ4v) is 2.90. The molecular formula is C16H27N3. The third-order valence-corrected chi connectivity index (χ3v) is 4.31. The van der Waals surface area contributed by atoms with Crippen LogP contribution in [0.25, 0.3) is 0 Å². The first-order valence-electron chi connectivity index (χ1n) is 7.54. The molecule has 106 valence electrons. The lowest BCUT2D eigenvalue weighted by Crippen LogP contribution is -2.34. The lowest BCUT2D eigenvalue weighted by molar-refractivity contribution is 0.229. The van der Waals surface area contributed by atoms with Gasteiger partial charge in [0.25, 0.3) is 0 Å². The normalized spacial score (nSPS) is 21.5. The van der Waals surface area contributed by atoms with Crippen LogP contribution in [0.15, 0.2) is 24.5 Å². The van der Waals surface area contributed by atoms with Gasteiger partial charge in [0.2, 0.25) is 0 Å². The van der Waals surface area contributed by atoms with E-state index in [1.807, 2.05) is 12.4 Å². The first-order chi connectivity index (χ1) is 9.25. The molecule has 19 heavy (non-hydrogen) atoms. The number of rotatable bonds is 6. The van der Waals surface area contributed by atoms with Crippen molar-refractivity contribution in [2.45, 2.75) is 32.7 Å². The van der Waals surface area contributed by atoms with Gasteiger partial charge in [-0.3, -0.25) is 4.98 Å². The van der Waals surface area contributed by atoms with E-state index in [4.69, 9.17) is 0 Å². The quantitative estimate of drug-likeness (QED) is 0.853. The summed E-state index contributed by atoms with van der Waals surface area (Å²) in [5.74, 6) is 1.70. The molecule has 0 amide bonds. The molecule has 0 spiro atoms. The second kappa shape index (κ2) is 7.61. The zero-order valence-corrected chi connectivity index (χ0v) is 12.3. The van der Waals surface area contributed by atoms with Crippen molar-refractivity contribution in [1.29, 1.82) is 0 Å². The van der Waals surface area contributed by atoms with Crippen molar-refractivity contribution in [1.82, 2.24) is 15.2 Å². The van der Waals surface area contributed by atoms with Gasteiger partial charge in [0.15, 0.2) is 0 Å². The predicted molar refractivity (Wildman–Crippen MR) is 79.9 cm³/mol. The van der Waals surface area contributed by atoms with E-state index in [1.54, 1.807) is 0 Å². The molecule has 2 heterocycles. The Morgan fingerprint density at radius 1 is 1.42 bits per heavy atom. The van der Waals surface area contributed by atoms with E-state index in [0.717, 1.165) is 18.4 Å². The smallest absolute Gasteiger partial charge is 0.0271 e. The molecule has 0 radical (unpaired) electrons. The van der Waals surface area contributed by atoms with Crippen LogP contribution in [0.2, 0.25) is 0 Å². The zero-order valence-electron chi connectivity index (χ0n) is 12.3. The first kappa shape index (κ1) is 14.5. The minimum Gasteiger partial charge on any atom is -0.316 e. The maximum atomic E-state index is 4.06. The second-order valence-electron chi connectivity index (χ2n) is 5.97. The molecule has 1 N–H and O–H groups in total. The second-order valence-corrected chi connectivity index (χ2v) is 5.97. The Morgan fingerprint density at radius 2 is 2.21 bits per heavy atom. The lowest BCUT2D eigenvalue weighted by Gasteiger charge is -2.29. The lowest BCUT2D eigenvalue weighted by atomic mass is 9.85. The maximum absolute atomic E-state index is 4.06. The molecule has 1 aliphatic heterocycles. The van der Waals surface area contributed by atoms with Gasteiger partial charge in [0.1, 0.15) is 0 Å². The molecule has 1 aromatic rings. The molecule has 2 unspecified atom stereocenters. The largest absolute Gasteiger partial charge is 0.316 e. The van der Waals surface area contributed by atoms with Crippen LogP contribution in [0.1, 0.15) is 31.7 Å². The number of aromatic nitrogens is 1. The van der Waals surface area contributed by atoms with Crippen molar-refractivity contribution >= 4 is 0 Å². The summed E-state index contributed by atoms with van der Waals surface area (Å²) >= 11 is 0. The van der Waals surface area contributed by atoms with Crippen LogP contribution in [0.4, 0.5) is 0 Å². The molecule has 1 saturated heterocycles. The fourth-order valence-electron chi connectivity index (χ4n) is 2.90. The van der Waals surface area contributed by atoms with Gasteiger partial charge in [-0.1, -0.05) is 6.92 Å². The number of hydrogen-bond acceptors (Lipinski definition) is 3. The van der Waals surface area contributed by atoms with Crippen LogP contribution in [-0.2, 0) is 6.54 Å². The van der Waals surface area contributed by atoms with Gasteiger partial charge in [-0.2, -0.15) is 0 Å².